The second-order valence-corrected chi connectivity index (χ2v) is 7.70. The van der Waals surface area contributed by atoms with E-state index >= 15 is 0 Å². The fourth-order valence-electron chi connectivity index (χ4n) is 4.24. The van der Waals surface area contributed by atoms with E-state index in [2.05, 4.69) is 12.1 Å². The number of methoxy groups -OCH3 is 4. The van der Waals surface area contributed by atoms with Crippen LogP contribution in [0.5, 0.6) is 23.0 Å². The molecule has 2 aromatic rings. The van der Waals surface area contributed by atoms with Crippen LogP contribution in [-0.4, -0.2) is 34.2 Å². The summed E-state index contributed by atoms with van der Waals surface area (Å²) in [6.07, 6.45) is 5.95. The number of carbonyl (C=O) groups is 1. The van der Waals surface area contributed by atoms with Gasteiger partial charge in [0.2, 0.25) is 0 Å². The normalized spacial score (nSPS) is 15.0. The van der Waals surface area contributed by atoms with Gasteiger partial charge >= 0.3 is 0 Å². The van der Waals surface area contributed by atoms with Gasteiger partial charge in [-0.3, -0.25) is 4.79 Å². The summed E-state index contributed by atoms with van der Waals surface area (Å²) in [6.45, 7) is 0. The zero-order valence-corrected chi connectivity index (χ0v) is 18.5. The highest BCUT2D eigenvalue weighted by atomic mass is 16.5. The molecule has 0 aliphatic heterocycles. The Morgan fingerprint density at radius 2 is 1.07 bits per heavy atom. The Balaban J connectivity index is 2.04. The minimum atomic E-state index is 0.298. The summed E-state index contributed by atoms with van der Waals surface area (Å²) in [4.78, 5) is 12.4. The highest BCUT2D eigenvalue weighted by Gasteiger charge is 2.17. The zero-order valence-electron chi connectivity index (χ0n) is 18.5. The lowest BCUT2D eigenvalue weighted by Gasteiger charge is -2.18. The van der Waals surface area contributed by atoms with Crippen molar-refractivity contribution in [2.75, 3.05) is 28.4 Å². The van der Waals surface area contributed by atoms with Gasteiger partial charge in [-0.2, -0.15) is 0 Å². The smallest absolute Gasteiger partial charge is 0.132 e. The van der Waals surface area contributed by atoms with Crippen molar-refractivity contribution in [3.05, 3.63) is 46.5 Å². The maximum absolute atomic E-state index is 12.4. The van der Waals surface area contributed by atoms with Crippen LogP contribution < -0.4 is 18.9 Å². The highest BCUT2D eigenvalue weighted by Crippen LogP contribution is 2.35. The van der Waals surface area contributed by atoms with Gasteiger partial charge in [0.05, 0.1) is 28.4 Å². The minimum Gasteiger partial charge on any atom is -0.497 e. The van der Waals surface area contributed by atoms with Crippen LogP contribution in [-0.2, 0) is 30.5 Å². The number of fused-ring (bicyclic) bond motifs is 9. The van der Waals surface area contributed by atoms with E-state index in [0.717, 1.165) is 83.8 Å². The van der Waals surface area contributed by atoms with Gasteiger partial charge in [-0.05, 0) is 85.0 Å². The molecule has 5 heteroatoms. The fourth-order valence-corrected chi connectivity index (χ4v) is 4.24. The van der Waals surface area contributed by atoms with Gasteiger partial charge < -0.3 is 18.9 Å². The zero-order chi connectivity index (χ0) is 21.5. The molecule has 0 spiro atoms. The molecular formula is C25H32O5. The second-order valence-electron chi connectivity index (χ2n) is 7.70. The molecule has 0 N–H and O–H groups in total. The lowest BCUT2D eigenvalue weighted by Crippen LogP contribution is -2.06. The third-order valence-corrected chi connectivity index (χ3v) is 5.81. The van der Waals surface area contributed by atoms with E-state index in [4.69, 9.17) is 18.9 Å². The van der Waals surface area contributed by atoms with Crippen LogP contribution >= 0.6 is 0 Å². The van der Waals surface area contributed by atoms with Gasteiger partial charge in [-0.25, -0.2) is 0 Å². The van der Waals surface area contributed by atoms with E-state index < -0.39 is 0 Å². The molecule has 4 bridgehead atoms. The highest BCUT2D eigenvalue weighted by molar-refractivity contribution is 5.78. The molecule has 0 saturated heterocycles. The first-order valence-electron chi connectivity index (χ1n) is 10.6. The van der Waals surface area contributed by atoms with Gasteiger partial charge in [0.15, 0.2) is 0 Å². The van der Waals surface area contributed by atoms with Crippen molar-refractivity contribution in [3.63, 3.8) is 0 Å². The van der Waals surface area contributed by atoms with E-state index in [1.807, 2.05) is 12.1 Å². The third kappa shape index (κ3) is 5.07. The summed E-state index contributed by atoms with van der Waals surface area (Å²) in [6, 6.07) is 8.18. The Morgan fingerprint density at radius 3 is 1.60 bits per heavy atom. The summed E-state index contributed by atoms with van der Waals surface area (Å²) >= 11 is 0. The van der Waals surface area contributed by atoms with Crippen molar-refractivity contribution in [1.82, 2.24) is 0 Å². The second kappa shape index (κ2) is 10.4. The molecule has 0 heterocycles. The molecule has 0 aromatic heterocycles. The van der Waals surface area contributed by atoms with Crippen molar-refractivity contribution in [3.8, 4) is 23.0 Å². The molecule has 2 aromatic carbocycles. The summed E-state index contributed by atoms with van der Waals surface area (Å²) in [5, 5.41) is 0. The lowest BCUT2D eigenvalue weighted by atomic mass is 9.94. The molecule has 4 rings (SSSR count). The lowest BCUT2D eigenvalue weighted by molar-refractivity contribution is -0.119. The van der Waals surface area contributed by atoms with Crippen LogP contribution in [0, 0.1) is 0 Å². The summed E-state index contributed by atoms with van der Waals surface area (Å²) in [5.74, 6) is 3.70. The first-order chi connectivity index (χ1) is 14.6. The third-order valence-electron chi connectivity index (χ3n) is 5.81. The maximum Gasteiger partial charge on any atom is 0.132 e. The van der Waals surface area contributed by atoms with E-state index in [1.54, 1.807) is 28.4 Å². The summed E-state index contributed by atoms with van der Waals surface area (Å²) < 4.78 is 22.6. The number of hydrogen-bond donors (Lipinski definition) is 0. The van der Waals surface area contributed by atoms with Crippen molar-refractivity contribution in [2.45, 2.75) is 51.4 Å². The van der Waals surface area contributed by atoms with Crippen molar-refractivity contribution in [1.29, 1.82) is 0 Å². The van der Waals surface area contributed by atoms with Gasteiger partial charge in [-0.15, -0.1) is 0 Å². The Morgan fingerprint density at radius 1 is 0.567 bits per heavy atom. The number of hydrogen-bond acceptors (Lipinski definition) is 5. The Labute approximate surface area is 179 Å². The monoisotopic (exact) mass is 412 g/mol. The number of aryl methyl sites for hydroxylation is 4. The number of ketones is 1. The SMILES string of the molecule is COc1cc2c(OC)c(c1)CCc1cc(OC)c(cc1OC)CCCC(=O)CCC2. The Kier molecular flexibility index (Phi) is 7.61. The van der Waals surface area contributed by atoms with Gasteiger partial charge in [0.1, 0.15) is 28.8 Å². The molecule has 0 unspecified atom stereocenters. The molecule has 0 saturated carbocycles. The predicted molar refractivity (Wildman–Crippen MR) is 117 cm³/mol. The molecule has 2 aliphatic rings. The van der Waals surface area contributed by atoms with Crippen LogP contribution in [0.15, 0.2) is 24.3 Å². The largest absolute Gasteiger partial charge is 0.497 e. The van der Waals surface area contributed by atoms with Gasteiger partial charge in [0, 0.05) is 12.8 Å². The maximum atomic E-state index is 12.4. The predicted octanol–water partition coefficient (Wildman–Crippen LogP) is 4.73. The van der Waals surface area contributed by atoms with Crippen molar-refractivity contribution in [2.24, 2.45) is 0 Å². The molecule has 0 amide bonds. The first kappa shape index (κ1) is 22.0. The van der Waals surface area contributed by atoms with Crippen LogP contribution in [0.2, 0.25) is 0 Å². The summed E-state index contributed by atoms with van der Waals surface area (Å²) in [5.41, 5.74) is 4.36. The van der Waals surface area contributed by atoms with Gasteiger partial charge in [-0.1, -0.05) is 0 Å². The molecule has 2 aliphatic carbocycles. The van der Waals surface area contributed by atoms with Crippen LogP contribution in [0.1, 0.15) is 47.9 Å². The number of carbonyl (C=O) groups excluding carboxylic acids is 1. The average Bonchev–Trinajstić information content (AvgIpc) is 2.76. The van der Waals surface area contributed by atoms with Crippen molar-refractivity contribution < 1.29 is 23.7 Å². The molecular weight excluding hydrogens is 380 g/mol. The van der Waals surface area contributed by atoms with Crippen molar-refractivity contribution >= 4 is 5.78 Å². The minimum absolute atomic E-state index is 0.298. The van der Waals surface area contributed by atoms with E-state index in [9.17, 15) is 4.79 Å². The molecule has 162 valence electrons. The van der Waals surface area contributed by atoms with E-state index in [0.29, 0.717) is 18.6 Å². The number of Topliss-reactive ketones (excluding diaryl/α,β-unsaturated/α-hetero) is 1. The molecule has 5 nitrogen and oxygen atoms in total. The van der Waals surface area contributed by atoms with Crippen LogP contribution in [0.4, 0.5) is 0 Å². The van der Waals surface area contributed by atoms with Gasteiger partial charge in [0.25, 0.3) is 0 Å². The average molecular weight is 413 g/mol. The fraction of sp³-hybridized carbons (Fsp3) is 0.480. The molecule has 0 radical (unpaired) electrons. The number of ether oxygens (including phenoxy) is 4. The van der Waals surface area contributed by atoms with Crippen LogP contribution in [0.25, 0.3) is 0 Å². The number of rotatable bonds is 4. The molecule has 0 atom stereocenters. The first-order valence-corrected chi connectivity index (χ1v) is 10.6. The van der Waals surface area contributed by atoms with E-state index in [-0.39, 0.29) is 0 Å². The quantitative estimate of drug-likeness (QED) is 0.726. The Hall–Kier alpha value is -2.69. The molecule has 30 heavy (non-hydrogen) atoms. The summed E-state index contributed by atoms with van der Waals surface area (Å²) in [7, 11) is 6.77. The van der Waals surface area contributed by atoms with Crippen LogP contribution in [0.3, 0.4) is 0 Å². The number of benzene rings is 2. The Bertz CT molecular complexity index is 888. The topological polar surface area (TPSA) is 54.0 Å². The van der Waals surface area contributed by atoms with E-state index in [1.165, 1.54) is 0 Å². The molecule has 0 fully saturated rings. The standard InChI is InChI=1S/C25H32O5/c1-27-22-13-19-8-6-10-21(26)9-5-7-17-15-24(29-3)18(16-23(17)28-2)11-12-20(14-22)25(19)30-4/h13-16H,5-12H2,1-4H3.